The first-order chi connectivity index (χ1) is 8.33. The molecule has 2 heterocycles. The smallest absolute Gasteiger partial charge is 0.155 e. The van der Waals surface area contributed by atoms with Crippen LogP contribution in [-0.4, -0.2) is 14.6 Å². The third-order valence-corrected chi connectivity index (χ3v) is 2.57. The lowest BCUT2D eigenvalue weighted by atomic mass is 10.2. The van der Waals surface area contributed by atoms with Gasteiger partial charge in [0.1, 0.15) is 17.8 Å². The minimum Gasteiger partial charge on any atom is -0.455 e. The minimum atomic E-state index is 0.748. The number of rotatable bonds is 2. The topological polar surface area (TPSA) is 39.4 Å². The van der Waals surface area contributed by atoms with E-state index in [0.717, 1.165) is 22.7 Å². The molecule has 0 aliphatic heterocycles. The van der Waals surface area contributed by atoms with Crippen LogP contribution < -0.4 is 4.74 Å². The average molecular weight is 225 g/mol. The predicted octanol–water partition coefficient (Wildman–Crippen LogP) is 2.83. The van der Waals surface area contributed by atoms with Crippen molar-refractivity contribution in [2.45, 2.75) is 6.92 Å². The number of para-hydroxylation sites is 1. The molecule has 0 amide bonds. The SMILES string of the molecule is Cc1ccccc1Oc1ccc2ncnn2c1. The lowest BCUT2D eigenvalue weighted by Gasteiger charge is -2.07. The number of pyridine rings is 1. The summed E-state index contributed by atoms with van der Waals surface area (Å²) in [5, 5.41) is 4.07. The fourth-order valence-electron chi connectivity index (χ4n) is 1.66. The van der Waals surface area contributed by atoms with E-state index in [1.165, 1.54) is 6.33 Å². The van der Waals surface area contributed by atoms with Gasteiger partial charge < -0.3 is 4.74 Å². The first-order valence-corrected chi connectivity index (χ1v) is 5.36. The molecule has 0 spiro atoms. The highest BCUT2D eigenvalue weighted by Gasteiger charge is 2.02. The van der Waals surface area contributed by atoms with Gasteiger partial charge in [-0.2, -0.15) is 5.10 Å². The van der Waals surface area contributed by atoms with Crippen molar-refractivity contribution in [3.63, 3.8) is 0 Å². The molecule has 3 aromatic rings. The van der Waals surface area contributed by atoms with Gasteiger partial charge in [0.05, 0.1) is 6.20 Å². The van der Waals surface area contributed by atoms with E-state index in [0.29, 0.717) is 0 Å². The summed E-state index contributed by atoms with van der Waals surface area (Å²) in [6.45, 7) is 2.02. The summed E-state index contributed by atoms with van der Waals surface area (Å²) in [4.78, 5) is 4.08. The Kier molecular flexibility index (Phi) is 2.26. The van der Waals surface area contributed by atoms with E-state index in [1.54, 1.807) is 4.52 Å². The Labute approximate surface area is 98.5 Å². The Morgan fingerprint density at radius 1 is 1.12 bits per heavy atom. The fraction of sp³-hybridized carbons (Fsp3) is 0.0769. The Balaban J connectivity index is 1.97. The first-order valence-electron chi connectivity index (χ1n) is 5.36. The van der Waals surface area contributed by atoms with E-state index < -0.39 is 0 Å². The number of benzene rings is 1. The Bertz CT molecular complexity index is 660. The summed E-state index contributed by atoms with van der Waals surface area (Å²) in [6, 6.07) is 11.7. The average Bonchev–Trinajstić information content (AvgIpc) is 2.79. The summed E-state index contributed by atoms with van der Waals surface area (Å²) in [5.74, 6) is 1.60. The van der Waals surface area contributed by atoms with Gasteiger partial charge in [-0.25, -0.2) is 9.50 Å². The third kappa shape index (κ3) is 1.85. The molecule has 4 nitrogen and oxygen atoms in total. The van der Waals surface area contributed by atoms with Crippen molar-refractivity contribution in [1.82, 2.24) is 14.6 Å². The highest BCUT2D eigenvalue weighted by atomic mass is 16.5. The van der Waals surface area contributed by atoms with Crippen LogP contribution in [0.15, 0.2) is 48.9 Å². The zero-order chi connectivity index (χ0) is 11.7. The Morgan fingerprint density at radius 2 is 2.00 bits per heavy atom. The second-order valence-corrected chi connectivity index (χ2v) is 3.80. The van der Waals surface area contributed by atoms with Gasteiger partial charge in [-0.3, -0.25) is 0 Å². The lowest BCUT2D eigenvalue weighted by molar-refractivity contribution is 0.475. The van der Waals surface area contributed by atoms with E-state index >= 15 is 0 Å². The number of nitrogens with zero attached hydrogens (tertiary/aromatic N) is 3. The Hall–Kier alpha value is -2.36. The van der Waals surface area contributed by atoms with E-state index in [2.05, 4.69) is 10.1 Å². The van der Waals surface area contributed by atoms with Crippen molar-refractivity contribution in [3.05, 3.63) is 54.5 Å². The van der Waals surface area contributed by atoms with Crippen molar-refractivity contribution in [2.24, 2.45) is 0 Å². The highest BCUT2D eigenvalue weighted by molar-refractivity contribution is 5.42. The van der Waals surface area contributed by atoms with E-state index in [1.807, 2.05) is 49.5 Å². The molecule has 0 atom stereocenters. The number of hydrogen-bond donors (Lipinski definition) is 0. The standard InChI is InChI=1S/C13H11N3O/c1-10-4-2-3-5-12(10)17-11-6-7-13-14-9-15-16(13)8-11/h2-9H,1H3. The molecule has 2 aromatic heterocycles. The molecule has 1 aromatic carbocycles. The van der Waals surface area contributed by atoms with Crippen LogP contribution in [0.25, 0.3) is 5.65 Å². The minimum absolute atomic E-state index is 0.748. The summed E-state index contributed by atoms with van der Waals surface area (Å²) in [7, 11) is 0. The quantitative estimate of drug-likeness (QED) is 0.673. The van der Waals surface area contributed by atoms with Crippen LogP contribution in [0.4, 0.5) is 0 Å². The summed E-state index contributed by atoms with van der Waals surface area (Å²) < 4.78 is 7.49. The molecule has 3 rings (SSSR count). The van der Waals surface area contributed by atoms with Crippen LogP contribution in [0.3, 0.4) is 0 Å². The van der Waals surface area contributed by atoms with Gasteiger partial charge in [-0.15, -0.1) is 0 Å². The summed E-state index contributed by atoms with van der Waals surface area (Å²) >= 11 is 0. The molecule has 17 heavy (non-hydrogen) atoms. The second-order valence-electron chi connectivity index (χ2n) is 3.80. The lowest BCUT2D eigenvalue weighted by Crippen LogP contribution is -1.91. The van der Waals surface area contributed by atoms with Crippen molar-refractivity contribution in [1.29, 1.82) is 0 Å². The van der Waals surface area contributed by atoms with Crippen molar-refractivity contribution in [3.8, 4) is 11.5 Å². The van der Waals surface area contributed by atoms with Gasteiger partial charge in [0.25, 0.3) is 0 Å². The molecule has 0 saturated heterocycles. The molecule has 0 radical (unpaired) electrons. The van der Waals surface area contributed by atoms with Gasteiger partial charge in [0, 0.05) is 0 Å². The third-order valence-electron chi connectivity index (χ3n) is 2.57. The zero-order valence-electron chi connectivity index (χ0n) is 9.37. The summed E-state index contributed by atoms with van der Waals surface area (Å²) in [6.07, 6.45) is 3.33. The maximum atomic E-state index is 5.80. The largest absolute Gasteiger partial charge is 0.455 e. The highest BCUT2D eigenvalue weighted by Crippen LogP contribution is 2.24. The molecule has 0 fully saturated rings. The number of ether oxygens (including phenoxy) is 1. The first kappa shape index (κ1) is 9.84. The molecule has 4 heteroatoms. The van der Waals surface area contributed by atoms with E-state index in [-0.39, 0.29) is 0 Å². The van der Waals surface area contributed by atoms with Crippen LogP contribution >= 0.6 is 0 Å². The fourth-order valence-corrected chi connectivity index (χ4v) is 1.66. The van der Waals surface area contributed by atoms with Crippen molar-refractivity contribution in [2.75, 3.05) is 0 Å². The number of aromatic nitrogens is 3. The van der Waals surface area contributed by atoms with Gasteiger partial charge in [0.2, 0.25) is 0 Å². The maximum Gasteiger partial charge on any atom is 0.155 e. The normalized spacial score (nSPS) is 10.6. The molecular weight excluding hydrogens is 214 g/mol. The van der Waals surface area contributed by atoms with E-state index in [4.69, 9.17) is 4.74 Å². The maximum absolute atomic E-state index is 5.80. The molecular formula is C13H11N3O. The molecule has 84 valence electrons. The van der Waals surface area contributed by atoms with Gasteiger partial charge in [-0.05, 0) is 30.7 Å². The molecule has 0 aliphatic rings. The Morgan fingerprint density at radius 3 is 2.88 bits per heavy atom. The van der Waals surface area contributed by atoms with E-state index in [9.17, 15) is 0 Å². The molecule has 0 saturated carbocycles. The van der Waals surface area contributed by atoms with Crippen LogP contribution in [0, 0.1) is 6.92 Å². The monoisotopic (exact) mass is 225 g/mol. The van der Waals surface area contributed by atoms with Crippen LogP contribution in [0.1, 0.15) is 5.56 Å². The molecule has 0 aliphatic carbocycles. The van der Waals surface area contributed by atoms with Crippen molar-refractivity contribution >= 4 is 5.65 Å². The zero-order valence-corrected chi connectivity index (χ0v) is 9.37. The van der Waals surface area contributed by atoms with Crippen LogP contribution in [-0.2, 0) is 0 Å². The van der Waals surface area contributed by atoms with Crippen LogP contribution in [0.5, 0.6) is 11.5 Å². The number of aryl methyl sites for hydroxylation is 1. The molecule has 0 N–H and O–H groups in total. The van der Waals surface area contributed by atoms with Gasteiger partial charge >= 0.3 is 0 Å². The van der Waals surface area contributed by atoms with Crippen LogP contribution in [0.2, 0.25) is 0 Å². The number of fused-ring (bicyclic) bond motifs is 1. The summed E-state index contributed by atoms with van der Waals surface area (Å²) in [5.41, 5.74) is 1.91. The van der Waals surface area contributed by atoms with Gasteiger partial charge in [-0.1, -0.05) is 18.2 Å². The predicted molar refractivity (Wildman–Crippen MR) is 64.2 cm³/mol. The van der Waals surface area contributed by atoms with Gasteiger partial charge in [0.15, 0.2) is 5.65 Å². The van der Waals surface area contributed by atoms with Crippen molar-refractivity contribution < 1.29 is 4.74 Å². The molecule has 0 unspecified atom stereocenters. The molecule has 0 bridgehead atoms. The number of hydrogen-bond acceptors (Lipinski definition) is 3. The second kappa shape index (κ2) is 3.90.